The smallest absolute Gasteiger partial charge is 0.362 e. The Bertz CT molecular complexity index is 667. The quantitative estimate of drug-likeness (QED) is 0.212. The molecule has 22 heavy (non-hydrogen) atoms. The van der Waals surface area contributed by atoms with Gasteiger partial charge in [-0.25, -0.2) is 4.79 Å². The van der Waals surface area contributed by atoms with Crippen LogP contribution in [0.2, 0.25) is 5.02 Å². The Hall–Kier alpha value is -2.68. The third-order valence-electron chi connectivity index (χ3n) is 2.31. The van der Waals surface area contributed by atoms with Crippen LogP contribution in [0.5, 0.6) is 5.75 Å². The summed E-state index contributed by atoms with van der Waals surface area (Å²) in [7, 11) is 0. The number of esters is 1. The maximum absolute atomic E-state index is 11.5. The van der Waals surface area contributed by atoms with E-state index >= 15 is 0 Å². The minimum absolute atomic E-state index is 0.0692. The van der Waals surface area contributed by atoms with Gasteiger partial charge >= 0.3 is 5.97 Å². The molecule has 0 aliphatic carbocycles. The van der Waals surface area contributed by atoms with Crippen molar-refractivity contribution in [2.45, 2.75) is 13.8 Å². The summed E-state index contributed by atoms with van der Waals surface area (Å²) in [5.74, 6) is -1.90. The number of rotatable bonds is 5. The molecule has 0 fully saturated rings. The lowest BCUT2D eigenvalue weighted by molar-refractivity contribution is -0.384. The van der Waals surface area contributed by atoms with Crippen LogP contribution >= 0.6 is 11.6 Å². The molecule has 118 valence electrons. The summed E-state index contributed by atoms with van der Waals surface area (Å²) < 4.78 is 4.67. The zero-order valence-corrected chi connectivity index (χ0v) is 12.4. The number of aliphatic hydroxyl groups is 1. The number of phenols is 1. The second kappa shape index (κ2) is 7.36. The summed E-state index contributed by atoms with van der Waals surface area (Å²) in [6.45, 7) is 2.84. The van der Waals surface area contributed by atoms with Crippen LogP contribution in [0.15, 0.2) is 33.8 Å². The average Bonchev–Trinajstić information content (AvgIpc) is 2.41. The summed E-state index contributed by atoms with van der Waals surface area (Å²) in [6, 6.07) is 1.81. The van der Waals surface area contributed by atoms with Gasteiger partial charge in [0.2, 0.25) is 5.70 Å². The van der Waals surface area contributed by atoms with Crippen molar-refractivity contribution in [3.05, 3.63) is 38.7 Å². The van der Waals surface area contributed by atoms with Gasteiger partial charge in [0.05, 0.1) is 17.6 Å². The Morgan fingerprint density at radius 3 is 2.64 bits per heavy atom. The van der Waals surface area contributed by atoms with E-state index in [1.807, 2.05) is 0 Å². The first kappa shape index (κ1) is 17.4. The molecule has 1 rings (SSSR count). The molecule has 0 aliphatic rings. The lowest BCUT2D eigenvalue weighted by atomic mass is 10.2. The van der Waals surface area contributed by atoms with E-state index in [2.05, 4.69) is 15.0 Å². The van der Waals surface area contributed by atoms with Gasteiger partial charge in [0.25, 0.3) is 5.69 Å². The number of azo groups is 1. The Morgan fingerprint density at radius 1 is 1.50 bits per heavy atom. The number of benzene rings is 1. The number of hydrogen-bond donors (Lipinski definition) is 2. The number of ether oxygens (including phenoxy) is 1. The van der Waals surface area contributed by atoms with Crippen molar-refractivity contribution < 1.29 is 24.7 Å². The van der Waals surface area contributed by atoms with Crippen molar-refractivity contribution in [2.75, 3.05) is 6.61 Å². The minimum Gasteiger partial charge on any atom is -0.510 e. The fraction of sp³-hybridized carbons (Fsp3) is 0.250. The molecular formula is C12H12ClN3O6. The van der Waals surface area contributed by atoms with Gasteiger partial charge in [-0.15, -0.1) is 10.2 Å². The zero-order chi connectivity index (χ0) is 16.9. The molecule has 9 nitrogen and oxygen atoms in total. The molecule has 0 spiro atoms. The van der Waals surface area contributed by atoms with Gasteiger partial charge in [0.15, 0.2) is 0 Å². The molecular weight excluding hydrogens is 318 g/mol. The lowest BCUT2D eigenvalue weighted by Gasteiger charge is -2.03. The molecule has 0 bridgehead atoms. The molecule has 10 heteroatoms. The highest BCUT2D eigenvalue weighted by Gasteiger charge is 2.18. The molecule has 1 aromatic rings. The van der Waals surface area contributed by atoms with Gasteiger partial charge in [-0.05, 0) is 19.9 Å². The molecule has 0 saturated carbocycles. The van der Waals surface area contributed by atoms with Crippen LogP contribution in [-0.4, -0.2) is 27.7 Å². The van der Waals surface area contributed by atoms with Gasteiger partial charge < -0.3 is 14.9 Å². The zero-order valence-electron chi connectivity index (χ0n) is 11.6. The van der Waals surface area contributed by atoms with Crippen molar-refractivity contribution in [2.24, 2.45) is 10.2 Å². The van der Waals surface area contributed by atoms with Crippen molar-refractivity contribution in [3.63, 3.8) is 0 Å². The first-order valence-corrected chi connectivity index (χ1v) is 6.31. The van der Waals surface area contributed by atoms with Gasteiger partial charge in [0, 0.05) is 0 Å². The summed E-state index contributed by atoms with van der Waals surface area (Å²) in [5.41, 5.74) is -1.17. The third-order valence-corrected chi connectivity index (χ3v) is 2.61. The van der Waals surface area contributed by atoms with E-state index in [1.54, 1.807) is 6.92 Å². The van der Waals surface area contributed by atoms with Gasteiger partial charge in [0.1, 0.15) is 22.2 Å². The fourth-order valence-electron chi connectivity index (χ4n) is 1.32. The number of nitrogens with zero attached hydrogens (tertiary/aromatic N) is 3. The predicted molar refractivity (Wildman–Crippen MR) is 76.2 cm³/mol. The van der Waals surface area contributed by atoms with Crippen molar-refractivity contribution in [1.29, 1.82) is 0 Å². The molecule has 2 N–H and O–H groups in total. The van der Waals surface area contributed by atoms with Crippen LogP contribution in [0.25, 0.3) is 0 Å². The molecule has 0 amide bonds. The van der Waals surface area contributed by atoms with E-state index < -0.39 is 33.8 Å². The Morgan fingerprint density at radius 2 is 2.14 bits per heavy atom. The standard InChI is InChI=1S/C12H12ClN3O6/c1-3-22-12(19)11(6(2)17)15-14-8-4-7(13)9(16(20)21)5-10(8)18/h4-5,17-18H,3H2,1-2H3/b11-6-,15-14?. The van der Waals surface area contributed by atoms with E-state index in [0.29, 0.717) is 0 Å². The van der Waals surface area contributed by atoms with Crippen molar-refractivity contribution in [3.8, 4) is 5.75 Å². The van der Waals surface area contributed by atoms with E-state index in [4.69, 9.17) is 11.6 Å². The summed E-state index contributed by atoms with van der Waals surface area (Å²) in [5, 5.41) is 36.4. The van der Waals surface area contributed by atoms with E-state index in [-0.39, 0.29) is 17.3 Å². The number of phenolic OH excluding ortho intramolecular Hbond substituents is 1. The number of aromatic hydroxyl groups is 1. The van der Waals surface area contributed by atoms with Gasteiger partial charge in [-0.3, -0.25) is 10.1 Å². The number of nitro benzene ring substituents is 1. The fourth-order valence-corrected chi connectivity index (χ4v) is 1.55. The van der Waals surface area contributed by atoms with Gasteiger partial charge in [-0.1, -0.05) is 11.6 Å². The molecule has 0 radical (unpaired) electrons. The number of carbonyl (C=O) groups excluding carboxylic acids is 1. The number of allylic oxidation sites excluding steroid dienone is 1. The summed E-state index contributed by atoms with van der Waals surface area (Å²) >= 11 is 5.68. The molecule has 0 unspecified atom stereocenters. The Balaban J connectivity index is 3.18. The first-order valence-electron chi connectivity index (χ1n) is 5.93. The van der Waals surface area contributed by atoms with Crippen LogP contribution in [0.3, 0.4) is 0 Å². The highest BCUT2D eigenvalue weighted by Crippen LogP contribution is 2.37. The Labute approximate surface area is 129 Å². The number of halogens is 1. The molecule has 0 saturated heterocycles. The van der Waals surface area contributed by atoms with E-state index in [1.165, 1.54) is 6.92 Å². The number of nitro groups is 1. The molecule has 0 heterocycles. The molecule has 0 aliphatic heterocycles. The highest BCUT2D eigenvalue weighted by molar-refractivity contribution is 6.33. The predicted octanol–water partition coefficient (Wildman–Crippen LogP) is 3.39. The van der Waals surface area contributed by atoms with E-state index in [9.17, 15) is 25.1 Å². The lowest BCUT2D eigenvalue weighted by Crippen LogP contribution is -2.07. The monoisotopic (exact) mass is 329 g/mol. The summed E-state index contributed by atoms with van der Waals surface area (Å²) in [6.07, 6.45) is 0. The molecule has 0 aromatic heterocycles. The number of aliphatic hydroxyl groups excluding tert-OH is 1. The summed E-state index contributed by atoms with van der Waals surface area (Å²) in [4.78, 5) is 21.4. The maximum atomic E-state index is 11.5. The van der Waals surface area contributed by atoms with Crippen LogP contribution in [0, 0.1) is 10.1 Å². The largest absolute Gasteiger partial charge is 0.510 e. The first-order chi connectivity index (χ1) is 10.3. The Kier molecular flexibility index (Phi) is 5.81. The maximum Gasteiger partial charge on any atom is 0.362 e. The topological polar surface area (TPSA) is 135 Å². The SMILES string of the molecule is CCOC(=O)/C(N=Nc1cc(Cl)c([N+](=O)[O-])cc1O)=C(\C)O. The normalized spacial score (nSPS) is 12.1. The van der Waals surface area contributed by atoms with Crippen LogP contribution in [0.4, 0.5) is 11.4 Å². The number of carbonyl (C=O) groups is 1. The second-order valence-corrected chi connectivity index (χ2v) is 4.31. The van der Waals surface area contributed by atoms with Crippen LogP contribution in [0.1, 0.15) is 13.8 Å². The minimum atomic E-state index is -0.904. The van der Waals surface area contributed by atoms with Crippen molar-refractivity contribution >= 4 is 28.9 Å². The third kappa shape index (κ3) is 4.16. The van der Waals surface area contributed by atoms with Crippen LogP contribution in [-0.2, 0) is 9.53 Å². The molecule has 0 atom stereocenters. The van der Waals surface area contributed by atoms with Crippen LogP contribution < -0.4 is 0 Å². The number of hydrogen-bond acceptors (Lipinski definition) is 8. The van der Waals surface area contributed by atoms with E-state index in [0.717, 1.165) is 12.1 Å². The average molecular weight is 330 g/mol. The highest BCUT2D eigenvalue weighted by atomic mass is 35.5. The second-order valence-electron chi connectivity index (χ2n) is 3.90. The van der Waals surface area contributed by atoms with Gasteiger partial charge in [-0.2, -0.15) is 0 Å². The molecule has 1 aromatic carbocycles. The van der Waals surface area contributed by atoms with Crippen molar-refractivity contribution in [1.82, 2.24) is 0 Å².